The second-order valence-corrected chi connectivity index (χ2v) is 8.49. The molecule has 0 radical (unpaired) electrons. The molecule has 0 aromatic carbocycles. The molecule has 1 saturated heterocycles. The van der Waals surface area contributed by atoms with Gasteiger partial charge in [-0.3, -0.25) is 0 Å². The summed E-state index contributed by atoms with van der Waals surface area (Å²) in [6, 6.07) is 0.318. The van der Waals surface area contributed by atoms with E-state index < -0.39 is 10.0 Å². The van der Waals surface area contributed by atoms with Crippen LogP contribution in [0.5, 0.6) is 0 Å². The first-order chi connectivity index (χ1) is 7.92. The highest BCUT2D eigenvalue weighted by molar-refractivity contribution is 8.00. The van der Waals surface area contributed by atoms with Crippen LogP contribution >= 0.6 is 11.8 Å². The van der Waals surface area contributed by atoms with E-state index in [0.29, 0.717) is 24.4 Å². The molecule has 1 heterocycles. The van der Waals surface area contributed by atoms with Crippen molar-refractivity contribution < 1.29 is 8.42 Å². The van der Waals surface area contributed by atoms with Gasteiger partial charge in [0, 0.05) is 24.4 Å². The SMILES string of the molecule is CC(C)NCC(C)S(=O)(=O)NCC1CCCS1. The Morgan fingerprint density at radius 3 is 2.59 bits per heavy atom. The topological polar surface area (TPSA) is 58.2 Å². The fourth-order valence-corrected chi connectivity index (χ4v) is 4.01. The maximum atomic E-state index is 11.9. The lowest BCUT2D eigenvalue weighted by atomic mass is 10.2. The number of nitrogens with one attached hydrogen (secondary N) is 2. The second-order valence-electron chi connectivity index (χ2n) is 4.90. The Labute approximate surface area is 109 Å². The van der Waals surface area contributed by atoms with Crippen molar-refractivity contribution >= 4 is 21.8 Å². The zero-order valence-corrected chi connectivity index (χ0v) is 12.5. The van der Waals surface area contributed by atoms with Gasteiger partial charge >= 0.3 is 0 Å². The molecule has 2 N–H and O–H groups in total. The minimum absolute atomic E-state index is 0.318. The van der Waals surface area contributed by atoms with Crippen LogP contribution in [0.3, 0.4) is 0 Å². The molecule has 6 heteroatoms. The predicted octanol–water partition coefficient (Wildman–Crippen LogP) is 1.19. The first kappa shape index (κ1) is 15.3. The van der Waals surface area contributed by atoms with Crippen molar-refractivity contribution in [1.29, 1.82) is 0 Å². The van der Waals surface area contributed by atoms with Crippen LogP contribution in [0.25, 0.3) is 0 Å². The highest BCUT2D eigenvalue weighted by Crippen LogP contribution is 2.25. The summed E-state index contributed by atoms with van der Waals surface area (Å²) in [6.07, 6.45) is 2.34. The molecule has 2 atom stereocenters. The Balaban J connectivity index is 2.33. The molecule has 4 nitrogen and oxygen atoms in total. The van der Waals surface area contributed by atoms with E-state index in [4.69, 9.17) is 0 Å². The van der Waals surface area contributed by atoms with Crippen LogP contribution in [-0.4, -0.2) is 43.8 Å². The lowest BCUT2D eigenvalue weighted by Gasteiger charge is -2.17. The molecule has 1 fully saturated rings. The molecule has 0 spiro atoms. The molecular weight excluding hydrogens is 256 g/mol. The van der Waals surface area contributed by atoms with Crippen molar-refractivity contribution in [1.82, 2.24) is 10.0 Å². The lowest BCUT2D eigenvalue weighted by molar-refractivity contribution is 0.539. The Bertz CT molecular complexity index is 311. The van der Waals surface area contributed by atoms with Crippen molar-refractivity contribution in [2.45, 2.75) is 50.2 Å². The first-order valence-corrected chi connectivity index (χ1v) is 8.85. The fourth-order valence-electron chi connectivity index (χ4n) is 1.67. The average Bonchev–Trinajstić information content (AvgIpc) is 2.75. The van der Waals surface area contributed by atoms with Gasteiger partial charge in [-0.05, 0) is 25.5 Å². The third-order valence-electron chi connectivity index (χ3n) is 2.88. The monoisotopic (exact) mass is 280 g/mol. The van der Waals surface area contributed by atoms with Gasteiger partial charge in [-0.2, -0.15) is 11.8 Å². The summed E-state index contributed by atoms with van der Waals surface area (Å²) in [5, 5.41) is 3.24. The van der Waals surface area contributed by atoms with Gasteiger partial charge in [0.1, 0.15) is 0 Å². The van der Waals surface area contributed by atoms with E-state index in [1.165, 1.54) is 6.42 Å². The number of thioether (sulfide) groups is 1. The zero-order chi connectivity index (χ0) is 12.9. The highest BCUT2D eigenvalue weighted by atomic mass is 32.2. The Hall–Kier alpha value is 0.220. The normalized spacial score (nSPS) is 23.2. The molecule has 102 valence electrons. The van der Waals surface area contributed by atoms with Crippen LogP contribution in [-0.2, 0) is 10.0 Å². The summed E-state index contributed by atoms with van der Waals surface area (Å²) < 4.78 is 26.6. The smallest absolute Gasteiger partial charge is 0.215 e. The number of sulfonamides is 1. The van der Waals surface area contributed by atoms with E-state index in [9.17, 15) is 8.42 Å². The molecule has 17 heavy (non-hydrogen) atoms. The average molecular weight is 280 g/mol. The van der Waals surface area contributed by atoms with Gasteiger partial charge in [-0.25, -0.2) is 13.1 Å². The fraction of sp³-hybridized carbons (Fsp3) is 1.00. The van der Waals surface area contributed by atoms with Crippen molar-refractivity contribution in [3.8, 4) is 0 Å². The third kappa shape index (κ3) is 5.59. The first-order valence-electron chi connectivity index (χ1n) is 6.25. The lowest BCUT2D eigenvalue weighted by Crippen LogP contribution is -2.42. The standard InChI is InChI=1S/C11H24N2O2S2/c1-9(2)12-7-10(3)17(14,15)13-8-11-5-4-6-16-11/h9-13H,4-8H2,1-3H3. The summed E-state index contributed by atoms with van der Waals surface area (Å²) in [5.74, 6) is 1.16. The minimum atomic E-state index is -3.17. The minimum Gasteiger partial charge on any atom is -0.313 e. The summed E-state index contributed by atoms with van der Waals surface area (Å²) in [7, 11) is -3.17. The van der Waals surface area contributed by atoms with E-state index >= 15 is 0 Å². The molecular formula is C11H24N2O2S2. The molecule has 0 aromatic heterocycles. The second kappa shape index (κ2) is 6.97. The maximum absolute atomic E-state index is 11.9. The van der Waals surface area contributed by atoms with Gasteiger partial charge in [0.05, 0.1) is 5.25 Å². The molecule has 2 unspecified atom stereocenters. The molecule has 1 aliphatic rings. The summed E-state index contributed by atoms with van der Waals surface area (Å²) in [6.45, 7) is 6.87. The molecule has 0 bridgehead atoms. The summed E-state index contributed by atoms with van der Waals surface area (Å²) >= 11 is 1.87. The van der Waals surface area contributed by atoms with E-state index in [-0.39, 0.29) is 5.25 Å². The van der Waals surface area contributed by atoms with Gasteiger partial charge in [-0.1, -0.05) is 13.8 Å². The predicted molar refractivity (Wildman–Crippen MR) is 75.0 cm³/mol. The number of hydrogen-bond acceptors (Lipinski definition) is 4. The van der Waals surface area contributed by atoms with Crippen LogP contribution in [0.1, 0.15) is 33.6 Å². The number of rotatable bonds is 7. The Kier molecular flexibility index (Phi) is 6.26. The van der Waals surface area contributed by atoms with Crippen molar-refractivity contribution in [2.75, 3.05) is 18.8 Å². The van der Waals surface area contributed by atoms with Crippen molar-refractivity contribution in [3.63, 3.8) is 0 Å². The van der Waals surface area contributed by atoms with E-state index in [1.807, 2.05) is 25.6 Å². The van der Waals surface area contributed by atoms with Crippen LogP contribution < -0.4 is 10.0 Å². The summed E-state index contributed by atoms with van der Waals surface area (Å²) in [5.41, 5.74) is 0. The molecule has 0 aliphatic carbocycles. The highest BCUT2D eigenvalue weighted by Gasteiger charge is 2.23. The van der Waals surface area contributed by atoms with Gasteiger partial charge < -0.3 is 5.32 Å². The quantitative estimate of drug-likeness (QED) is 0.735. The molecule has 1 rings (SSSR count). The molecule has 0 saturated carbocycles. The third-order valence-corrected chi connectivity index (χ3v) is 6.07. The van der Waals surface area contributed by atoms with Gasteiger partial charge in [0.2, 0.25) is 10.0 Å². The van der Waals surface area contributed by atoms with Gasteiger partial charge in [0.15, 0.2) is 0 Å². The molecule has 0 aromatic rings. The van der Waals surface area contributed by atoms with E-state index in [1.54, 1.807) is 6.92 Å². The summed E-state index contributed by atoms with van der Waals surface area (Å²) in [4.78, 5) is 0. The maximum Gasteiger partial charge on any atom is 0.215 e. The number of hydrogen-bond donors (Lipinski definition) is 2. The van der Waals surface area contributed by atoms with Crippen LogP contribution in [0.2, 0.25) is 0 Å². The molecule has 1 aliphatic heterocycles. The molecule has 0 amide bonds. The van der Waals surface area contributed by atoms with Crippen LogP contribution in [0.4, 0.5) is 0 Å². The van der Waals surface area contributed by atoms with E-state index in [0.717, 1.165) is 12.2 Å². The van der Waals surface area contributed by atoms with Crippen molar-refractivity contribution in [2.24, 2.45) is 0 Å². The Morgan fingerprint density at radius 1 is 1.35 bits per heavy atom. The zero-order valence-electron chi connectivity index (χ0n) is 10.9. The largest absolute Gasteiger partial charge is 0.313 e. The van der Waals surface area contributed by atoms with Crippen LogP contribution in [0.15, 0.2) is 0 Å². The van der Waals surface area contributed by atoms with Crippen LogP contribution in [0, 0.1) is 0 Å². The Morgan fingerprint density at radius 2 is 2.06 bits per heavy atom. The van der Waals surface area contributed by atoms with Crippen molar-refractivity contribution in [3.05, 3.63) is 0 Å². The van der Waals surface area contributed by atoms with Gasteiger partial charge in [-0.15, -0.1) is 0 Å². The van der Waals surface area contributed by atoms with Gasteiger partial charge in [0.25, 0.3) is 0 Å². The van der Waals surface area contributed by atoms with E-state index in [2.05, 4.69) is 10.0 Å².